The van der Waals surface area contributed by atoms with Crippen LogP contribution in [0.5, 0.6) is 0 Å². The highest BCUT2D eigenvalue weighted by molar-refractivity contribution is 5.95. The fourth-order valence-electron chi connectivity index (χ4n) is 7.56. The van der Waals surface area contributed by atoms with Crippen LogP contribution < -0.4 is 0 Å². The molecule has 0 radical (unpaired) electrons. The largest absolute Gasteiger partial charge is 0.455 e. The normalized spacial score (nSPS) is 41.6. The summed E-state index contributed by atoms with van der Waals surface area (Å²) in [5.74, 6) is -5.33. The van der Waals surface area contributed by atoms with Gasteiger partial charge in [0.15, 0.2) is 17.5 Å². The number of ketones is 1. The minimum Gasteiger partial charge on any atom is -0.455 e. The topological polar surface area (TPSA) is 166 Å². The van der Waals surface area contributed by atoms with E-state index in [0.717, 1.165) is 6.92 Å². The molecule has 4 aliphatic rings. The Morgan fingerprint density at radius 1 is 1.05 bits per heavy atom. The summed E-state index contributed by atoms with van der Waals surface area (Å²) in [5.41, 5.74) is -4.81. The maximum Gasteiger partial charge on any atom is 0.338 e. The number of ether oxygens (including phenoxy) is 4. The van der Waals surface area contributed by atoms with Crippen LogP contribution in [0.3, 0.4) is 0 Å². The van der Waals surface area contributed by atoms with Crippen LogP contribution in [0.25, 0.3) is 0 Å². The van der Waals surface area contributed by atoms with Gasteiger partial charge in [0.2, 0.25) is 0 Å². The van der Waals surface area contributed by atoms with Gasteiger partial charge in [-0.25, -0.2) is 4.79 Å². The maximum atomic E-state index is 14.7. The Balaban J connectivity index is 1.80. The molecule has 3 aliphatic carbocycles. The number of aliphatic hydroxyl groups excluding tert-OH is 2. The number of esters is 3. The van der Waals surface area contributed by atoms with E-state index in [1.165, 1.54) is 26.0 Å². The molecule has 10 atom stereocenters. The van der Waals surface area contributed by atoms with Crippen LogP contribution in [0.1, 0.15) is 57.8 Å². The molecule has 1 saturated heterocycles. The van der Waals surface area contributed by atoms with E-state index in [1.54, 1.807) is 32.0 Å². The Labute approximate surface area is 237 Å². The summed E-state index contributed by atoms with van der Waals surface area (Å²) in [6.45, 7) is 6.77. The Morgan fingerprint density at radius 3 is 2.27 bits per heavy atom. The van der Waals surface area contributed by atoms with E-state index in [4.69, 9.17) is 18.9 Å². The molecule has 2 saturated carbocycles. The molecule has 5 rings (SSSR count). The first-order valence-electron chi connectivity index (χ1n) is 13.8. The second-order valence-corrected chi connectivity index (χ2v) is 12.0. The quantitative estimate of drug-likeness (QED) is 0.270. The van der Waals surface area contributed by atoms with Gasteiger partial charge >= 0.3 is 17.9 Å². The molecule has 3 N–H and O–H groups in total. The van der Waals surface area contributed by atoms with Gasteiger partial charge in [-0.2, -0.15) is 0 Å². The average molecular weight is 573 g/mol. The smallest absolute Gasteiger partial charge is 0.338 e. The van der Waals surface area contributed by atoms with E-state index in [9.17, 15) is 34.5 Å². The van der Waals surface area contributed by atoms with Crippen molar-refractivity contribution in [3.63, 3.8) is 0 Å². The maximum absolute atomic E-state index is 14.7. The van der Waals surface area contributed by atoms with Crippen LogP contribution in [0.2, 0.25) is 0 Å². The Bertz CT molecular complexity index is 1310. The van der Waals surface area contributed by atoms with E-state index in [0.29, 0.717) is 5.57 Å². The zero-order valence-electron chi connectivity index (χ0n) is 23.7. The highest BCUT2D eigenvalue weighted by atomic mass is 16.6. The van der Waals surface area contributed by atoms with Gasteiger partial charge in [0, 0.05) is 32.6 Å². The lowest BCUT2D eigenvalue weighted by Gasteiger charge is -2.66. The van der Waals surface area contributed by atoms with Crippen LogP contribution in [0.15, 0.2) is 41.5 Å². The third-order valence-corrected chi connectivity index (χ3v) is 9.76. The first kappa shape index (κ1) is 29.4. The van der Waals surface area contributed by atoms with Crippen molar-refractivity contribution in [2.24, 2.45) is 17.3 Å². The van der Waals surface area contributed by atoms with Gasteiger partial charge in [-0.15, -0.1) is 0 Å². The summed E-state index contributed by atoms with van der Waals surface area (Å²) in [6, 6.07) is 8.04. The molecule has 11 heteroatoms. The van der Waals surface area contributed by atoms with Crippen molar-refractivity contribution in [1.82, 2.24) is 0 Å². The van der Waals surface area contributed by atoms with Crippen LogP contribution >= 0.6 is 0 Å². The summed E-state index contributed by atoms with van der Waals surface area (Å²) in [7, 11) is 0. The summed E-state index contributed by atoms with van der Waals surface area (Å²) >= 11 is 0. The lowest BCUT2D eigenvalue weighted by atomic mass is 9.47. The van der Waals surface area contributed by atoms with Crippen molar-refractivity contribution < 1.29 is 53.4 Å². The molecule has 0 aromatic heterocycles. The average Bonchev–Trinajstić information content (AvgIpc) is 2.90. The number of carbonyl (C=O) groups is 4. The zero-order valence-corrected chi connectivity index (χ0v) is 23.7. The van der Waals surface area contributed by atoms with Gasteiger partial charge in [0.25, 0.3) is 0 Å². The van der Waals surface area contributed by atoms with Crippen molar-refractivity contribution in [2.45, 2.75) is 89.2 Å². The van der Waals surface area contributed by atoms with Gasteiger partial charge in [0.05, 0.1) is 35.7 Å². The van der Waals surface area contributed by atoms with Crippen molar-refractivity contribution in [1.29, 1.82) is 0 Å². The Morgan fingerprint density at radius 2 is 1.71 bits per heavy atom. The monoisotopic (exact) mass is 572 g/mol. The molecule has 0 amide bonds. The lowest BCUT2D eigenvalue weighted by molar-refractivity contribution is -0.343. The van der Waals surface area contributed by atoms with E-state index < -0.39 is 82.7 Å². The molecule has 222 valence electrons. The second-order valence-electron chi connectivity index (χ2n) is 12.0. The second kappa shape index (κ2) is 10.0. The highest BCUT2D eigenvalue weighted by Crippen LogP contribution is 2.61. The predicted octanol–water partition coefficient (Wildman–Crippen LogP) is 1.26. The number of hydrogen-bond acceptors (Lipinski definition) is 11. The number of Topliss-reactive ketones (excluding diaryl/α,β-unsaturated/α-hetero) is 1. The Hall–Kier alpha value is -3.12. The van der Waals surface area contributed by atoms with Crippen LogP contribution in [0, 0.1) is 17.3 Å². The third-order valence-electron chi connectivity index (χ3n) is 9.76. The molecule has 2 bridgehead atoms. The van der Waals surface area contributed by atoms with E-state index in [1.807, 2.05) is 0 Å². The van der Waals surface area contributed by atoms with E-state index in [2.05, 4.69) is 0 Å². The molecule has 41 heavy (non-hydrogen) atoms. The number of rotatable bonds is 4. The van der Waals surface area contributed by atoms with E-state index in [-0.39, 0.29) is 30.6 Å². The van der Waals surface area contributed by atoms with Crippen molar-refractivity contribution in [2.75, 3.05) is 6.61 Å². The minimum atomic E-state index is -2.05. The number of benzene rings is 1. The number of carbonyl (C=O) groups excluding carboxylic acids is 4. The van der Waals surface area contributed by atoms with Crippen LogP contribution in [-0.2, 0) is 33.3 Å². The van der Waals surface area contributed by atoms with Gasteiger partial charge in [-0.3, -0.25) is 14.4 Å². The molecule has 0 spiro atoms. The van der Waals surface area contributed by atoms with Crippen molar-refractivity contribution in [3.05, 3.63) is 47.0 Å². The molecule has 11 nitrogen and oxygen atoms in total. The van der Waals surface area contributed by atoms with Crippen molar-refractivity contribution in [3.8, 4) is 0 Å². The fraction of sp³-hybridized carbons (Fsp3) is 0.600. The molecule has 1 aromatic carbocycles. The molecule has 1 heterocycles. The fourth-order valence-corrected chi connectivity index (χ4v) is 7.56. The minimum absolute atomic E-state index is 0.104. The first-order chi connectivity index (χ1) is 19.2. The summed E-state index contributed by atoms with van der Waals surface area (Å²) in [5, 5.41) is 35.4. The molecule has 0 unspecified atom stereocenters. The van der Waals surface area contributed by atoms with Crippen molar-refractivity contribution >= 4 is 23.7 Å². The van der Waals surface area contributed by atoms with Gasteiger partial charge < -0.3 is 34.3 Å². The molecule has 1 aromatic rings. The third kappa shape index (κ3) is 4.24. The first-order valence-corrected chi connectivity index (χ1v) is 13.8. The van der Waals surface area contributed by atoms with E-state index >= 15 is 0 Å². The van der Waals surface area contributed by atoms with Gasteiger partial charge in [-0.05, 0) is 37.1 Å². The number of fused-ring (bicyclic) bond motifs is 5. The highest BCUT2D eigenvalue weighted by Gasteiger charge is 2.76. The lowest BCUT2D eigenvalue weighted by Crippen LogP contribution is -2.81. The molecular formula is C30H36O11. The standard InChI is InChI=1S/C30H36O11/c1-14-19(33)12-29(37)15(2)22(14)23(39-16(3)31)25(35)28(5)20(34)11-21-30(13-38-21,41-17(4)32)24(28)26(29)40-27(36)18-9-7-6-8-10-18/h6-10,15,19-21,23-24,26,33-34,37H,11-13H2,1-5H3/t15-,19+,20+,21-,23-,24+,26+,28-,29+,30+/m1/s1. The SMILES string of the molecule is CC(=O)O[C@H]1C(=O)[C@@]2(C)[C@H]([C@H](OC(=O)c3ccccc3)[C@]3(O)C[C@H](O)C(C)=C1[C@H]3C)[C@]1(OC(C)=O)CO[C@@H]1C[C@@H]2O. The molecule has 3 fully saturated rings. The molecular weight excluding hydrogens is 536 g/mol. The number of hydrogen-bond donors (Lipinski definition) is 3. The summed E-state index contributed by atoms with van der Waals surface area (Å²) in [4.78, 5) is 53.0. The summed E-state index contributed by atoms with van der Waals surface area (Å²) in [6.07, 6.45) is -7.13. The summed E-state index contributed by atoms with van der Waals surface area (Å²) < 4.78 is 23.3. The van der Waals surface area contributed by atoms with Gasteiger partial charge in [0.1, 0.15) is 17.8 Å². The molecule has 1 aliphatic heterocycles. The van der Waals surface area contributed by atoms with Crippen LogP contribution in [-0.4, -0.2) is 87.3 Å². The van der Waals surface area contributed by atoms with Gasteiger partial charge in [-0.1, -0.05) is 25.1 Å². The Kier molecular flexibility index (Phi) is 7.17. The van der Waals surface area contributed by atoms with Crippen LogP contribution in [0.4, 0.5) is 0 Å². The predicted molar refractivity (Wildman–Crippen MR) is 140 cm³/mol. The zero-order chi connectivity index (χ0) is 30.1. The number of aliphatic hydroxyl groups is 3.